The highest BCUT2D eigenvalue weighted by molar-refractivity contribution is 8.01. The van der Waals surface area contributed by atoms with Crippen molar-refractivity contribution in [3.63, 3.8) is 0 Å². The van der Waals surface area contributed by atoms with Gasteiger partial charge >= 0.3 is 0 Å². The Labute approximate surface area is 178 Å². The normalized spacial score (nSPS) is 16.7. The summed E-state index contributed by atoms with van der Waals surface area (Å²) in [6, 6.07) is 8.37. The van der Waals surface area contributed by atoms with E-state index in [0.29, 0.717) is 33.4 Å². The van der Waals surface area contributed by atoms with Crippen LogP contribution in [0.15, 0.2) is 40.1 Å². The number of amides is 2. The van der Waals surface area contributed by atoms with E-state index in [0.717, 1.165) is 22.9 Å². The van der Waals surface area contributed by atoms with E-state index in [1.54, 1.807) is 29.2 Å². The van der Waals surface area contributed by atoms with E-state index in [2.05, 4.69) is 10.3 Å². The highest BCUT2D eigenvalue weighted by atomic mass is 32.2. The predicted molar refractivity (Wildman–Crippen MR) is 113 cm³/mol. The lowest BCUT2D eigenvalue weighted by Gasteiger charge is -2.23. The molecule has 5 nitrogen and oxygen atoms in total. The average molecular weight is 454 g/mol. The number of fused-ring (bicyclic) bond motifs is 1. The Morgan fingerprint density at radius 3 is 2.97 bits per heavy atom. The molecule has 2 aromatic heterocycles. The molecule has 1 unspecified atom stereocenters. The highest BCUT2D eigenvalue weighted by Crippen LogP contribution is 2.32. The maximum atomic E-state index is 12.8. The van der Waals surface area contributed by atoms with Crippen LogP contribution in [0.25, 0.3) is 10.2 Å². The number of aromatic nitrogens is 1. The average Bonchev–Trinajstić information content (AvgIpc) is 3.45. The molecule has 1 fully saturated rings. The fraction of sp³-hybridized carbons (Fsp3) is 0.316. The maximum Gasteiger partial charge on any atom is 0.264 e. The minimum Gasteiger partial charge on any atom is -0.326 e. The lowest BCUT2D eigenvalue weighted by Crippen LogP contribution is -2.42. The zero-order chi connectivity index (χ0) is 20.4. The SMILES string of the molecule is O=C(Nc1ccc2nc(SCC(F)F)sc2c1)C1CCCN1C(=O)c1cccs1. The largest absolute Gasteiger partial charge is 0.326 e. The molecule has 4 rings (SSSR count). The molecule has 1 aromatic carbocycles. The fourth-order valence-corrected chi connectivity index (χ4v) is 5.78. The summed E-state index contributed by atoms with van der Waals surface area (Å²) in [6.45, 7) is 0.563. The molecule has 1 N–H and O–H groups in total. The Hall–Kier alpha value is -2.04. The number of carbonyl (C=O) groups excluding carboxylic acids is 2. The van der Waals surface area contributed by atoms with Gasteiger partial charge in [-0.05, 0) is 42.5 Å². The summed E-state index contributed by atoms with van der Waals surface area (Å²) in [5.41, 5.74) is 1.31. The van der Waals surface area contributed by atoms with Gasteiger partial charge in [0.25, 0.3) is 5.91 Å². The standard InChI is InChI=1S/C19H17F2N3O2S3/c20-16(21)10-28-19-23-12-6-5-11(9-15(12)29-19)22-17(25)13-3-1-7-24(13)18(26)14-4-2-8-27-14/h2,4-6,8-9,13,16H,1,3,7,10H2,(H,22,25). The van der Waals surface area contributed by atoms with Gasteiger partial charge in [0, 0.05) is 12.2 Å². The molecule has 0 radical (unpaired) electrons. The van der Waals surface area contributed by atoms with Gasteiger partial charge < -0.3 is 10.2 Å². The van der Waals surface area contributed by atoms with Gasteiger partial charge in [-0.3, -0.25) is 9.59 Å². The van der Waals surface area contributed by atoms with Crippen LogP contribution in [0.1, 0.15) is 22.5 Å². The van der Waals surface area contributed by atoms with Crippen molar-refractivity contribution < 1.29 is 18.4 Å². The van der Waals surface area contributed by atoms with Crippen molar-refractivity contribution in [2.45, 2.75) is 29.6 Å². The van der Waals surface area contributed by atoms with Gasteiger partial charge in [-0.15, -0.1) is 22.7 Å². The smallest absolute Gasteiger partial charge is 0.264 e. The van der Waals surface area contributed by atoms with Crippen LogP contribution in [0.4, 0.5) is 14.5 Å². The molecular formula is C19H17F2N3O2S3. The monoisotopic (exact) mass is 453 g/mol. The number of halogens is 2. The first kappa shape index (κ1) is 20.2. The Bertz CT molecular complexity index is 1020. The van der Waals surface area contributed by atoms with Crippen LogP contribution < -0.4 is 5.32 Å². The number of nitrogens with one attached hydrogen (secondary N) is 1. The van der Waals surface area contributed by atoms with Gasteiger partial charge in [-0.2, -0.15) is 0 Å². The quantitative estimate of drug-likeness (QED) is 0.536. The number of anilines is 1. The van der Waals surface area contributed by atoms with Crippen LogP contribution in [0, 0.1) is 0 Å². The number of nitrogens with zero attached hydrogens (tertiary/aromatic N) is 2. The van der Waals surface area contributed by atoms with Crippen molar-refractivity contribution in [1.29, 1.82) is 0 Å². The summed E-state index contributed by atoms with van der Waals surface area (Å²) >= 11 is 3.71. The molecule has 10 heteroatoms. The minimum atomic E-state index is -2.38. The molecule has 0 bridgehead atoms. The topological polar surface area (TPSA) is 62.3 Å². The number of hydrogen-bond acceptors (Lipinski definition) is 6. The van der Waals surface area contributed by atoms with E-state index in [1.807, 2.05) is 11.4 Å². The number of carbonyl (C=O) groups is 2. The van der Waals surface area contributed by atoms with E-state index in [9.17, 15) is 18.4 Å². The van der Waals surface area contributed by atoms with Crippen molar-refractivity contribution in [3.8, 4) is 0 Å². The summed E-state index contributed by atoms with van der Waals surface area (Å²) in [5.74, 6) is -0.626. The van der Waals surface area contributed by atoms with Gasteiger partial charge in [-0.25, -0.2) is 13.8 Å². The number of hydrogen-bond donors (Lipinski definition) is 1. The van der Waals surface area contributed by atoms with Gasteiger partial charge in [-0.1, -0.05) is 17.8 Å². The molecule has 1 aliphatic rings. The lowest BCUT2D eigenvalue weighted by atomic mass is 10.2. The van der Waals surface area contributed by atoms with E-state index in [1.165, 1.54) is 22.7 Å². The van der Waals surface area contributed by atoms with E-state index >= 15 is 0 Å². The molecule has 3 aromatic rings. The lowest BCUT2D eigenvalue weighted by molar-refractivity contribution is -0.119. The Kier molecular flexibility index (Phi) is 6.12. The van der Waals surface area contributed by atoms with Crippen LogP contribution in [0.2, 0.25) is 0 Å². The molecular weight excluding hydrogens is 436 g/mol. The van der Waals surface area contributed by atoms with Crippen LogP contribution in [-0.2, 0) is 4.79 Å². The number of likely N-dealkylation sites (tertiary alicyclic amines) is 1. The molecule has 1 aliphatic heterocycles. The first-order valence-electron chi connectivity index (χ1n) is 8.98. The summed E-state index contributed by atoms with van der Waals surface area (Å²) < 4.78 is 26.2. The molecule has 2 amide bonds. The van der Waals surface area contributed by atoms with Crippen LogP contribution in [0.5, 0.6) is 0 Å². The van der Waals surface area contributed by atoms with Crippen LogP contribution in [0.3, 0.4) is 0 Å². The van der Waals surface area contributed by atoms with Gasteiger partial charge in [0.2, 0.25) is 12.3 Å². The number of benzene rings is 1. The van der Waals surface area contributed by atoms with E-state index < -0.39 is 12.5 Å². The first-order valence-corrected chi connectivity index (χ1v) is 11.7. The second kappa shape index (κ2) is 8.76. The van der Waals surface area contributed by atoms with Crippen molar-refractivity contribution in [3.05, 3.63) is 40.6 Å². The van der Waals surface area contributed by atoms with Gasteiger partial charge in [0.05, 0.1) is 20.8 Å². The molecule has 1 saturated heterocycles. The third-order valence-corrected chi connectivity index (χ3v) is 7.55. The van der Waals surface area contributed by atoms with Crippen molar-refractivity contribution in [1.82, 2.24) is 9.88 Å². The van der Waals surface area contributed by atoms with E-state index in [-0.39, 0.29) is 17.6 Å². The molecule has 1 atom stereocenters. The number of rotatable bonds is 6. The zero-order valence-corrected chi connectivity index (χ0v) is 17.6. The number of thiazole rings is 1. The molecule has 152 valence electrons. The van der Waals surface area contributed by atoms with Crippen molar-refractivity contribution >= 4 is 62.2 Å². The minimum absolute atomic E-state index is 0.115. The Morgan fingerprint density at radius 2 is 2.21 bits per heavy atom. The molecule has 0 aliphatic carbocycles. The number of thioether (sulfide) groups is 1. The molecule has 3 heterocycles. The highest BCUT2D eigenvalue weighted by Gasteiger charge is 2.34. The zero-order valence-electron chi connectivity index (χ0n) is 15.1. The first-order chi connectivity index (χ1) is 14.0. The Morgan fingerprint density at radius 1 is 1.34 bits per heavy atom. The number of alkyl halides is 2. The number of thiophene rings is 1. The second-order valence-corrected chi connectivity index (χ2v) is 9.73. The molecule has 0 spiro atoms. The summed E-state index contributed by atoms with van der Waals surface area (Å²) in [5, 5.41) is 4.73. The Balaban J connectivity index is 1.45. The van der Waals surface area contributed by atoms with Gasteiger partial charge in [0.1, 0.15) is 6.04 Å². The van der Waals surface area contributed by atoms with Crippen LogP contribution in [-0.4, -0.2) is 46.5 Å². The van der Waals surface area contributed by atoms with E-state index in [4.69, 9.17) is 0 Å². The van der Waals surface area contributed by atoms with Crippen LogP contribution >= 0.6 is 34.4 Å². The molecule has 29 heavy (non-hydrogen) atoms. The summed E-state index contributed by atoms with van der Waals surface area (Å²) in [4.78, 5) is 32.1. The second-order valence-electron chi connectivity index (χ2n) is 6.49. The van der Waals surface area contributed by atoms with Gasteiger partial charge in [0.15, 0.2) is 4.34 Å². The van der Waals surface area contributed by atoms with Crippen molar-refractivity contribution in [2.75, 3.05) is 17.6 Å². The summed E-state index contributed by atoms with van der Waals surface area (Å²) in [6.07, 6.45) is -0.971. The van der Waals surface area contributed by atoms with Crippen molar-refractivity contribution in [2.24, 2.45) is 0 Å². The maximum absolute atomic E-state index is 12.8. The molecule has 0 saturated carbocycles. The summed E-state index contributed by atoms with van der Waals surface area (Å²) in [7, 11) is 0. The third-order valence-electron chi connectivity index (χ3n) is 4.52. The third kappa shape index (κ3) is 4.59. The predicted octanol–water partition coefficient (Wildman–Crippen LogP) is 4.96. The fourth-order valence-electron chi connectivity index (χ4n) is 3.23.